The van der Waals surface area contributed by atoms with E-state index in [0.717, 1.165) is 0 Å². The van der Waals surface area contributed by atoms with Crippen molar-refractivity contribution in [2.45, 2.75) is 0 Å². The molecule has 0 bridgehead atoms. The van der Waals surface area contributed by atoms with Crippen LogP contribution in [0.5, 0.6) is 0 Å². The van der Waals surface area contributed by atoms with Gasteiger partial charge in [-0.05, 0) is 0 Å². The minimum atomic E-state index is -0.636. The monoisotopic (exact) mass is 154 g/mol. The number of amides is 2. The lowest BCUT2D eigenvalue weighted by Gasteiger charge is -1.93. The summed E-state index contributed by atoms with van der Waals surface area (Å²) >= 11 is 0. The van der Waals surface area contributed by atoms with E-state index in [0.29, 0.717) is 6.41 Å². The van der Waals surface area contributed by atoms with Crippen LogP contribution in [0.15, 0.2) is 6.20 Å². The Labute approximate surface area is 61.8 Å². The first kappa shape index (κ1) is 7.26. The fourth-order valence-corrected chi connectivity index (χ4v) is 0.642. The number of nitrogens with zero attached hydrogens (tertiary/aromatic N) is 1. The van der Waals surface area contributed by atoms with Crippen LogP contribution < -0.4 is 11.1 Å². The molecule has 6 heteroatoms. The van der Waals surface area contributed by atoms with Crippen molar-refractivity contribution in [3.8, 4) is 0 Å². The zero-order chi connectivity index (χ0) is 8.27. The first-order valence-electron chi connectivity index (χ1n) is 2.79. The molecule has 0 radical (unpaired) electrons. The minimum Gasteiger partial charge on any atom is -0.365 e. The van der Waals surface area contributed by atoms with Crippen LogP contribution in [0, 0.1) is 0 Å². The largest absolute Gasteiger partial charge is 0.365 e. The van der Waals surface area contributed by atoms with Crippen LogP contribution in [0.3, 0.4) is 0 Å². The molecule has 58 valence electrons. The number of hydrogen-bond acceptors (Lipinski definition) is 3. The SMILES string of the molecule is NC(=O)c1cn[nH]c1NC=O. The highest BCUT2D eigenvalue weighted by Crippen LogP contribution is 2.07. The molecule has 1 aromatic rings. The van der Waals surface area contributed by atoms with Crippen molar-refractivity contribution >= 4 is 18.1 Å². The highest BCUT2D eigenvalue weighted by Gasteiger charge is 2.08. The van der Waals surface area contributed by atoms with Crippen molar-refractivity contribution in [1.82, 2.24) is 10.2 Å². The Hall–Kier alpha value is -1.85. The van der Waals surface area contributed by atoms with Gasteiger partial charge in [-0.15, -0.1) is 0 Å². The summed E-state index contributed by atoms with van der Waals surface area (Å²) < 4.78 is 0. The van der Waals surface area contributed by atoms with E-state index < -0.39 is 5.91 Å². The number of rotatable bonds is 3. The molecule has 0 fully saturated rings. The lowest BCUT2D eigenvalue weighted by Crippen LogP contribution is -2.12. The molecule has 0 saturated heterocycles. The summed E-state index contributed by atoms with van der Waals surface area (Å²) in [5, 5.41) is 8.15. The fourth-order valence-electron chi connectivity index (χ4n) is 0.642. The molecule has 1 heterocycles. The van der Waals surface area contributed by atoms with Gasteiger partial charge in [-0.1, -0.05) is 0 Å². The maximum Gasteiger partial charge on any atom is 0.254 e. The molecule has 0 saturated carbocycles. The van der Waals surface area contributed by atoms with Crippen LogP contribution in [0.2, 0.25) is 0 Å². The summed E-state index contributed by atoms with van der Waals surface area (Å²) in [5.41, 5.74) is 5.10. The molecule has 2 amide bonds. The van der Waals surface area contributed by atoms with Gasteiger partial charge in [0.15, 0.2) is 0 Å². The molecule has 0 spiro atoms. The number of aromatic amines is 1. The van der Waals surface area contributed by atoms with Crippen LogP contribution in [0.4, 0.5) is 5.82 Å². The number of anilines is 1. The number of carbonyl (C=O) groups is 2. The number of carbonyl (C=O) groups excluding carboxylic acids is 2. The van der Waals surface area contributed by atoms with Gasteiger partial charge in [0.2, 0.25) is 6.41 Å². The standard InChI is InChI=1S/C5H6N4O2/c6-4(11)3-1-8-9-5(3)7-2-10/h1-2H,(H2,6,11)(H2,7,8,9,10). The molecular formula is C5H6N4O2. The van der Waals surface area contributed by atoms with E-state index in [4.69, 9.17) is 5.73 Å². The molecule has 1 rings (SSSR count). The van der Waals surface area contributed by atoms with E-state index in [-0.39, 0.29) is 11.4 Å². The molecule has 0 aliphatic carbocycles. The van der Waals surface area contributed by atoms with E-state index in [1.165, 1.54) is 6.20 Å². The highest BCUT2D eigenvalue weighted by atomic mass is 16.1. The van der Waals surface area contributed by atoms with E-state index in [1.54, 1.807) is 0 Å². The average Bonchev–Trinajstić information content (AvgIpc) is 2.36. The molecule has 11 heavy (non-hydrogen) atoms. The zero-order valence-electron chi connectivity index (χ0n) is 5.50. The Morgan fingerprint density at radius 1 is 1.82 bits per heavy atom. The molecule has 0 unspecified atom stereocenters. The molecule has 0 aromatic carbocycles. The molecule has 4 N–H and O–H groups in total. The van der Waals surface area contributed by atoms with Crippen molar-refractivity contribution in [1.29, 1.82) is 0 Å². The molecule has 6 nitrogen and oxygen atoms in total. The van der Waals surface area contributed by atoms with Crippen molar-refractivity contribution < 1.29 is 9.59 Å². The molecule has 0 aliphatic heterocycles. The van der Waals surface area contributed by atoms with Gasteiger partial charge in [-0.25, -0.2) is 0 Å². The van der Waals surface area contributed by atoms with Crippen LogP contribution in [0.1, 0.15) is 10.4 Å². The number of nitrogens with two attached hydrogens (primary N) is 1. The number of nitrogens with one attached hydrogen (secondary N) is 2. The normalized spacial score (nSPS) is 9.09. The average molecular weight is 154 g/mol. The molecule has 0 atom stereocenters. The van der Waals surface area contributed by atoms with Crippen molar-refractivity contribution in [2.75, 3.05) is 5.32 Å². The first-order chi connectivity index (χ1) is 5.25. The van der Waals surface area contributed by atoms with Crippen molar-refractivity contribution in [3.63, 3.8) is 0 Å². The Balaban J connectivity index is 2.95. The first-order valence-corrected chi connectivity index (χ1v) is 2.79. The number of primary amides is 1. The summed E-state index contributed by atoms with van der Waals surface area (Å²) in [7, 11) is 0. The smallest absolute Gasteiger partial charge is 0.254 e. The zero-order valence-corrected chi connectivity index (χ0v) is 5.50. The third-order valence-corrected chi connectivity index (χ3v) is 1.11. The fraction of sp³-hybridized carbons (Fsp3) is 0. The van der Waals surface area contributed by atoms with Crippen molar-refractivity contribution in [2.24, 2.45) is 5.73 Å². The topological polar surface area (TPSA) is 101 Å². The van der Waals surface area contributed by atoms with E-state index in [9.17, 15) is 9.59 Å². The minimum absolute atomic E-state index is 0.164. The second-order valence-corrected chi connectivity index (χ2v) is 1.79. The maximum atomic E-state index is 10.6. The Bertz CT molecular complexity index is 280. The van der Waals surface area contributed by atoms with Gasteiger partial charge in [0.25, 0.3) is 5.91 Å². The lowest BCUT2D eigenvalue weighted by atomic mass is 10.3. The third kappa shape index (κ3) is 1.34. The quantitative estimate of drug-likeness (QED) is 0.490. The second kappa shape index (κ2) is 2.82. The second-order valence-electron chi connectivity index (χ2n) is 1.79. The summed E-state index contributed by atoms with van der Waals surface area (Å²) in [5.74, 6) is -0.421. The third-order valence-electron chi connectivity index (χ3n) is 1.11. The van der Waals surface area contributed by atoms with E-state index >= 15 is 0 Å². The Morgan fingerprint density at radius 2 is 2.55 bits per heavy atom. The van der Waals surface area contributed by atoms with Gasteiger partial charge in [-0.3, -0.25) is 14.7 Å². The van der Waals surface area contributed by atoms with Gasteiger partial charge in [0, 0.05) is 0 Å². The lowest BCUT2D eigenvalue weighted by molar-refractivity contribution is -0.105. The molecule has 0 aliphatic rings. The molecule has 1 aromatic heterocycles. The number of aromatic nitrogens is 2. The van der Waals surface area contributed by atoms with Gasteiger partial charge >= 0.3 is 0 Å². The predicted octanol–water partition coefficient (Wildman–Crippen LogP) is -0.923. The predicted molar refractivity (Wildman–Crippen MR) is 36.8 cm³/mol. The van der Waals surface area contributed by atoms with Gasteiger partial charge < -0.3 is 11.1 Å². The van der Waals surface area contributed by atoms with Gasteiger partial charge in [0.1, 0.15) is 11.4 Å². The summed E-state index contributed by atoms with van der Waals surface area (Å²) in [6, 6.07) is 0. The summed E-state index contributed by atoms with van der Waals surface area (Å²) in [6.45, 7) is 0. The maximum absolute atomic E-state index is 10.6. The number of H-pyrrole nitrogens is 1. The Kier molecular flexibility index (Phi) is 1.86. The highest BCUT2D eigenvalue weighted by molar-refractivity contribution is 5.98. The van der Waals surface area contributed by atoms with Crippen LogP contribution in [-0.2, 0) is 4.79 Å². The van der Waals surface area contributed by atoms with E-state index in [2.05, 4.69) is 15.5 Å². The number of hydrogen-bond donors (Lipinski definition) is 3. The van der Waals surface area contributed by atoms with Gasteiger partial charge in [0.05, 0.1) is 6.20 Å². The van der Waals surface area contributed by atoms with Gasteiger partial charge in [-0.2, -0.15) is 5.10 Å². The molecular weight excluding hydrogens is 148 g/mol. The summed E-state index contributed by atoms with van der Waals surface area (Å²) in [4.78, 5) is 20.5. The van der Waals surface area contributed by atoms with Crippen LogP contribution in [-0.4, -0.2) is 22.5 Å². The Morgan fingerprint density at radius 3 is 3.09 bits per heavy atom. The van der Waals surface area contributed by atoms with E-state index in [1.807, 2.05) is 0 Å². The van der Waals surface area contributed by atoms with Crippen LogP contribution in [0.25, 0.3) is 0 Å². The van der Waals surface area contributed by atoms with Crippen LogP contribution >= 0.6 is 0 Å². The van der Waals surface area contributed by atoms with Crippen molar-refractivity contribution in [3.05, 3.63) is 11.8 Å². The summed E-state index contributed by atoms with van der Waals surface area (Å²) in [6.07, 6.45) is 1.67.